The monoisotopic (exact) mass is 266 g/mol. The third kappa shape index (κ3) is 4.69. The molecule has 1 aromatic heterocycles. The first-order valence-electron chi connectivity index (χ1n) is 6.88. The van der Waals surface area contributed by atoms with Gasteiger partial charge in [-0.2, -0.15) is 0 Å². The number of nitrogens with one attached hydrogen (secondary N) is 2. The molecule has 2 unspecified atom stereocenters. The van der Waals surface area contributed by atoms with Gasteiger partial charge >= 0.3 is 0 Å². The molecule has 1 aromatic rings. The molecule has 0 radical (unpaired) electrons. The normalized spacial score (nSPS) is 20.4. The van der Waals surface area contributed by atoms with Crippen molar-refractivity contribution in [2.75, 3.05) is 19.7 Å². The summed E-state index contributed by atoms with van der Waals surface area (Å²) in [7, 11) is 0. The van der Waals surface area contributed by atoms with Crippen molar-refractivity contribution in [3.05, 3.63) is 24.2 Å². The maximum absolute atomic E-state index is 11.8. The summed E-state index contributed by atoms with van der Waals surface area (Å²) in [5.41, 5.74) is 0. The minimum Gasteiger partial charge on any atom is -0.467 e. The van der Waals surface area contributed by atoms with Gasteiger partial charge in [0.25, 0.3) is 0 Å². The molecule has 0 aliphatic carbocycles. The van der Waals surface area contributed by atoms with Crippen molar-refractivity contribution in [2.45, 2.75) is 32.4 Å². The van der Waals surface area contributed by atoms with Gasteiger partial charge in [0.15, 0.2) is 0 Å². The molecule has 1 amide bonds. The summed E-state index contributed by atoms with van der Waals surface area (Å²) in [5, 5.41) is 6.12. The smallest absolute Gasteiger partial charge is 0.249 e. The van der Waals surface area contributed by atoms with Gasteiger partial charge in [-0.1, -0.05) is 0 Å². The fraction of sp³-hybridized carbons (Fsp3) is 0.643. The van der Waals surface area contributed by atoms with E-state index in [0.717, 1.165) is 25.3 Å². The first kappa shape index (κ1) is 14.1. The molecule has 0 saturated carbocycles. The number of rotatable bonds is 7. The van der Waals surface area contributed by atoms with E-state index >= 15 is 0 Å². The lowest BCUT2D eigenvalue weighted by atomic mass is 10.1. The Balaban J connectivity index is 1.59. The zero-order chi connectivity index (χ0) is 13.5. The van der Waals surface area contributed by atoms with Crippen LogP contribution in [0.15, 0.2) is 22.8 Å². The largest absolute Gasteiger partial charge is 0.467 e. The van der Waals surface area contributed by atoms with Gasteiger partial charge in [-0.05, 0) is 50.9 Å². The van der Waals surface area contributed by atoms with Crippen LogP contribution in [0.3, 0.4) is 0 Å². The zero-order valence-electron chi connectivity index (χ0n) is 11.4. The van der Waals surface area contributed by atoms with Gasteiger partial charge in [0.1, 0.15) is 11.9 Å². The van der Waals surface area contributed by atoms with Gasteiger partial charge in [-0.15, -0.1) is 0 Å². The van der Waals surface area contributed by atoms with Crippen molar-refractivity contribution < 1.29 is 13.9 Å². The van der Waals surface area contributed by atoms with E-state index in [1.807, 2.05) is 6.07 Å². The van der Waals surface area contributed by atoms with Crippen molar-refractivity contribution >= 4 is 5.91 Å². The number of hydrogen-bond donors (Lipinski definition) is 2. The highest BCUT2D eigenvalue weighted by Crippen LogP contribution is 2.12. The van der Waals surface area contributed by atoms with Crippen molar-refractivity contribution in [3.8, 4) is 0 Å². The number of furan rings is 1. The predicted molar refractivity (Wildman–Crippen MR) is 71.6 cm³/mol. The number of carbonyl (C=O) groups is 1. The number of ether oxygens (including phenoxy) is 1. The molecule has 0 bridgehead atoms. The minimum absolute atomic E-state index is 0.0963. The molecule has 2 rings (SSSR count). The molecule has 0 aromatic carbocycles. The summed E-state index contributed by atoms with van der Waals surface area (Å²) in [5.74, 6) is 1.34. The summed E-state index contributed by atoms with van der Waals surface area (Å²) in [6, 6.07) is 3.63. The molecule has 5 nitrogen and oxygen atoms in total. The molecule has 0 spiro atoms. The second-order valence-corrected chi connectivity index (χ2v) is 4.96. The number of amides is 1. The SMILES string of the molecule is CC(OCCC1CCNC1)C(=O)NCc1ccco1. The Hall–Kier alpha value is -1.33. The second-order valence-electron chi connectivity index (χ2n) is 4.96. The molecule has 1 aliphatic rings. The molecule has 1 aliphatic heterocycles. The van der Waals surface area contributed by atoms with Gasteiger partial charge in [-0.3, -0.25) is 4.79 Å². The highest BCUT2D eigenvalue weighted by Gasteiger charge is 2.17. The molecular weight excluding hydrogens is 244 g/mol. The van der Waals surface area contributed by atoms with Gasteiger partial charge in [-0.25, -0.2) is 0 Å². The fourth-order valence-electron chi connectivity index (χ4n) is 2.18. The summed E-state index contributed by atoms with van der Waals surface area (Å²) < 4.78 is 10.7. The highest BCUT2D eigenvalue weighted by molar-refractivity contribution is 5.80. The van der Waals surface area contributed by atoms with E-state index < -0.39 is 6.10 Å². The van der Waals surface area contributed by atoms with Crippen LogP contribution < -0.4 is 10.6 Å². The van der Waals surface area contributed by atoms with Crippen LogP contribution in [0, 0.1) is 5.92 Å². The zero-order valence-corrected chi connectivity index (χ0v) is 11.4. The van der Waals surface area contributed by atoms with E-state index in [-0.39, 0.29) is 5.91 Å². The standard InChI is InChI=1S/C14H22N2O3/c1-11(18-8-5-12-4-6-15-9-12)14(17)16-10-13-3-2-7-19-13/h2-3,7,11-12,15H,4-6,8-10H2,1H3,(H,16,17). The molecule has 1 fully saturated rings. The lowest BCUT2D eigenvalue weighted by Gasteiger charge is -2.14. The molecule has 2 heterocycles. The minimum atomic E-state index is -0.413. The maximum Gasteiger partial charge on any atom is 0.249 e. The number of hydrogen-bond acceptors (Lipinski definition) is 4. The average Bonchev–Trinajstić information content (AvgIpc) is 3.08. The Labute approximate surface area is 113 Å². The Morgan fingerprint density at radius 2 is 2.58 bits per heavy atom. The van der Waals surface area contributed by atoms with Crippen LogP contribution >= 0.6 is 0 Å². The molecule has 106 valence electrons. The van der Waals surface area contributed by atoms with Crippen LogP contribution in [0.4, 0.5) is 0 Å². The molecule has 19 heavy (non-hydrogen) atoms. The number of carbonyl (C=O) groups excluding carboxylic acids is 1. The summed E-state index contributed by atoms with van der Waals surface area (Å²) in [4.78, 5) is 11.8. The molecule has 2 N–H and O–H groups in total. The average molecular weight is 266 g/mol. The lowest BCUT2D eigenvalue weighted by Crippen LogP contribution is -2.34. The maximum atomic E-state index is 11.8. The van der Waals surface area contributed by atoms with Crippen LogP contribution in [0.1, 0.15) is 25.5 Å². The topological polar surface area (TPSA) is 63.5 Å². The van der Waals surface area contributed by atoms with Crippen LogP contribution in [0.25, 0.3) is 0 Å². The van der Waals surface area contributed by atoms with Crippen LogP contribution in [-0.2, 0) is 16.1 Å². The molecule has 1 saturated heterocycles. The van der Waals surface area contributed by atoms with Crippen molar-refractivity contribution in [1.82, 2.24) is 10.6 Å². The van der Waals surface area contributed by atoms with E-state index in [9.17, 15) is 4.79 Å². The van der Waals surface area contributed by atoms with Crippen LogP contribution in [0.5, 0.6) is 0 Å². The molecule has 5 heteroatoms. The van der Waals surface area contributed by atoms with E-state index in [1.165, 1.54) is 6.42 Å². The van der Waals surface area contributed by atoms with E-state index in [2.05, 4.69) is 10.6 Å². The summed E-state index contributed by atoms with van der Waals surface area (Å²) >= 11 is 0. The van der Waals surface area contributed by atoms with Crippen LogP contribution in [-0.4, -0.2) is 31.7 Å². The van der Waals surface area contributed by atoms with Crippen LogP contribution in [0.2, 0.25) is 0 Å². The Morgan fingerprint density at radius 3 is 3.26 bits per heavy atom. The summed E-state index contributed by atoms with van der Waals surface area (Å²) in [6.07, 6.45) is 3.41. The third-order valence-electron chi connectivity index (χ3n) is 3.44. The quantitative estimate of drug-likeness (QED) is 0.781. The first-order valence-corrected chi connectivity index (χ1v) is 6.88. The molecular formula is C14H22N2O3. The predicted octanol–water partition coefficient (Wildman–Crippen LogP) is 1.30. The Kier molecular flexibility index (Phi) is 5.42. The summed E-state index contributed by atoms with van der Waals surface area (Å²) in [6.45, 7) is 5.00. The molecule has 2 atom stereocenters. The first-order chi connectivity index (χ1) is 9.25. The van der Waals surface area contributed by atoms with Gasteiger partial charge in [0, 0.05) is 6.61 Å². The van der Waals surface area contributed by atoms with E-state index in [4.69, 9.17) is 9.15 Å². The van der Waals surface area contributed by atoms with E-state index in [1.54, 1.807) is 19.3 Å². The van der Waals surface area contributed by atoms with Gasteiger partial charge < -0.3 is 19.8 Å². The Bertz CT molecular complexity index is 372. The third-order valence-corrected chi connectivity index (χ3v) is 3.44. The highest BCUT2D eigenvalue weighted by atomic mass is 16.5. The van der Waals surface area contributed by atoms with E-state index in [0.29, 0.717) is 19.1 Å². The lowest BCUT2D eigenvalue weighted by molar-refractivity contribution is -0.132. The van der Waals surface area contributed by atoms with Crippen molar-refractivity contribution in [2.24, 2.45) is 5.92 Å². The fourth-order valence-corrected chi connectivity index (χ4v) is 2.18. The van der Waals surface area contributed by atoms with Crippen molar-refractivity contribution in [3.63, 3.8) is 0 Å². The van der Waals surface area contributed by atoms with Gasteiger partial charge in [0.05, 0.1) is 12.8 Å². The second kappa shape index (κ2) is 7.31. The Morgan fingerprint density at radius 1 is 1.68 bits per heavy atom. The van der Waals surface area contributed by atoms with Crippen molar-refractivity contribution in [1.29, 1.82) is 0 Å². The van der Waals surface area contributed by atoms with Gasteiger partial charge in [0.2, 0.25) is 5.91 Å².